The van der Waals surface area contributed by atoms with Gasteiger partial charge in [0.2, 0.25) is 0 Å². The number of carboxylic acid groups (broad SMARTS) is 1. The van der Waals surface area contributed by atoms with Crippen LogP contribution >= 0.6 is 0 Å². The molecule has 0 aliphatic heterocycles. The first-order valence-electron chi connectivity index (χ1n) is 4.98. The standard InChI is InChI=1S/C11H16N2O4/c1-16-8-3-6(7(12)5-10(14)15)4-9(17-2)11(8)13/h3-4,7H,5,12-13H2,1-2H3,(H,14,15). The van der Waals surface area contributed by atoms with Crippen LogP contribution in [-0.4, -0.2) is 25.3 Å². The topological polar surface area (TPSA) is 108 Å². The van der Waals surface area contributed by atoms with Crippen molar-refractivity contribution in [3.8, 4) is 11.5 Å². The van der Waals surface area contributed by atoms with Crippen LogP contribution in [0.3, 0.4) is 0 Å². The maximum atomic E-state index is 10.6. The lowest BCUT2D eigenvalue weighted by molar-refractivity contribution is -0.137. The summed E-state index contributed by atoms with van der Waals surface area (Å²) < 4.78 is 10.2. The number of nitrogen functional groups attached to an aromatic ring is 1. The average molecular weight is 240 g/mol. The van der Waals surface area contributed by atoms with Crippen LogP contribution in [0.2, 0.25) is 0 Å². The third-order valence-electron chi connectivity index (χ3n) is 2.39. The van der Waals surface area contributed by atoms with Crippen LogP contribution in [-0.2, 0) is 4.79 Å². The Kier molecular flexibility index (Phi) is 4.17. The summed E-state index contributed by atoms with van der Waals surface area (Å²) in [6.45, 7) is 0. The first-order valence-corrected chi connectivity index (χ1v) is 4.98. The van der Waals surface area contributed by atoms with Crippen LogP contribution in [0.1, 0.15) is 18.0 Å². The highest BCUT2D eigenvalue weighted by Crippen LogP contribution is 2.35. The van der Waals surface area contributed by atoms with Crippen LogP contribution in [0.25, 0.3) is 0 Å². The summed E-state index contributed by atoms with van der Waals surface area (Å²) in [5, 5.41) is 8.69. The van der Waals surface area contributed by atoms with E-state index in [0.29, 0.717) is 22.7 Å². The molecule has 94 valence electrons. The molecule has 0 aliphatic rings. The molecule has 6 nitrogen and oxygen atoms in total. The van der Waals surface area contributed by atoms with E-state index in [1.165, 1.54) is 14.2 Å². The molecule has 1 rings (SSSR count). The van der Waals surface area contributed by atoms with Crippen LogP contribution in [0.15, 0.2) is 12.1 Å². The highest BCUT2D eigenvalue weighted by atomic mass is 16.5. The molecular formula is C11H16N2O4. The number of hydrogen-bond donors (Lipinski definition) is 3. The van der Waals surface area contributed by atoms with E-state index < -0.39 is 12.0 Å². The third kappa shape index (κ3) is 3.01. The summed E-state index contributed by atoms with van der Waals surface area (Å²) in [5.74, 6) is -0.132. The van der Waals surface area contributed by atoms with Gasteiger partial charge in [-0.1, -0.05) is 0 Å². The van der Waals surface area contributed by atoms with Gasteiger partial charge in [0.1, 0.15) is 17.2 Å². The molecule has 0 saturated heterocycles. The largest absolute Gasteiger partial charge is 0.494 e. The van der Waals surface area contributed by atoms with Gasteiger partial charge in [0.15, 0.2) is 0 Å². The predicted molar refractivity (Wildman–Crippen MR) is 63.1 cm³/mol. The Labute approximate surface area is 99.1 Å². The predicted octanol–water partition coefficient (Wildman–Crippen LogP) is 0.760. The van der Waals surface area contributed by atoms with E-state index in [9.17, 15) is 4.79 Å². The smallest absolute Gasteiger partial charge is 0.305 e. The Morgan fingerprint density at radius 2 is 1.82 bits per heavy atom. The molecule has 1 aromatic carbocycles. The molecule has 5 N–H and O–H groups in total. The number of nitrogens with two attached hydrogens (primary N) is 2. The van der Waals surface area contributed by atoms with Crippen molar-refractivity contribution in [1.29, 1.82) is 0 Å². The summed E-state index contributed by atoms with van der Waals surface area (Å²) >= 11 is 0. The zero-order valence-electron chi connectivity index (χ0n) is 9.77. The monoisotopic (exact) mass is 240 g/mol. The van der Waals surface area contributed by atoms with E-state index in [1.54, 1.807) is 12.1 Å². The molecule has 0 saturated carbocycles. The summed E-state index contributed by atoms with van der Waals surface area (Å²) in [4.78, 5) is 10.6. The average Bonchev–Trinajstić information content (AvgIpc) is 2.28. The fraction of sp³-hybridized carbons (Fsp3) is 0.364. The summed E-state index contributed by atoms with van der Waals surface area (Å²) in [7, 11) is 2.94. The lowest BCUT2D eigenvalue weighted by Gasteiger charge is -2.15. The molecule has 0 fully saturated rings. The summed E-state index contributed by atoms with van der Waals surface area (Å²) in [6.07, 6.45) is -0.170. The molecule has 6 heteroatoms. The number of ether oxygens (including phenoxy) is 2. The zero-order chi connectivity index (χ0) is 13.0. The van der Waals surface area contributed by atoms with Gasteiger partial charge in [-0.2, -0.15) is 0 Å². The lowest BCUT2D eigenvalue weighted by Crippen LogP contribution is -2.15. The Morgan fingerprint density at radius 1 is 1.35 bits per heavy atom. The van der Waals surface area contributed by atoms with Crippen molar-refractivity contribution in [2.24, 2.45) is 5.73 Å². The van der Waals surface area contributed by atoms with E-state index in [2.05, 4.69) is 0 Å². The summed E-state index contributed by atoms with van der Waals surface area (Å²) in [6, 6.07) is 2.60. The lowest BCUT2D eigenvalue weighted by atomic mass is 10.0. The molecule has 0 heterocycles. The van der Waals surface area contributed by atoms with Gasteiger partial charge in [0.05, 0.1) is 20.6 Å². The van der Waals surface area contributed by atoms with Crippen LogP contribution in [0.5, 0.6) is 11.5 Å². The Bertz CT molecular complexity index is 395. The first-order chi connectivity index (χ1) is 7.99. The molecule has 0 radical (unpaired) electrons. The third-order valence-corrected chi connectivity index (χ3v) is 2.39. The van der Waals surface area contributed by atoms with Gasteiger partial charge in [0, 0.05) is 6.04 Å². The molecule has 0 aliphatic carbocycles. The van der Waals surface area contributed by atoms with Crippen molar-refractivity contribution in [3.05, 3.63) is 17.7 Å². The number of anilines is 1. The zero-order valence-corrected chi connectivity index (χ0v) is 9.77. The van der Waals surface area contributed by atoms with E-state index in [-0.39, 0.29) is 6.42 Å². The quantitative estimate of drug-likeness (QED) is 0.656. The molecule has 1 atom stereocenters. The normalized spacial score (nSPS) is 11.9. The van der Waals surface area contributed by atoms with Crippen molar-refractivity contribution in [2.45, 2.75) is 12.5 Å². The number of rotatable bonds is 5. The molecular weight excluding hydrogens is 224 g/mol. The molecule has 0 amide bonds. The van der Waals surface area contributed by atoms with Crippen LogP contribution in [0, 0.1) is 0 Å². The second kappa shape index (κ2) is 5.40. The molecule has 0 spiro atoms. The number of aliphatic carboxylic acids is 1. The van der Waals surface area contributed by atoms with Gasteiger partial charge in [-0.15, -0.1) is 0 Å². The fourth-order valence-electron chi connectivity index (χ4n) is 1.48. The Morgan fingerprint density at radius 3 is 2.18 bits per heavy atom. The number of carboxylic acids is 1. The van der Waals surface area contributed by atoms with E-state index in [1.807, 2.05) is 0 Å². The van der Waals surface area contributed by atoms with Crippen molar-refractivity contribution < 1.29 is 19.4 Å². The summed E-state index contributed by atoms with van der Waals surface area (Å²) in [5.41, 5.74) is 12.5. The second-order valence-electron chi connectivity index (χ2n) is 3.54. The van der Waals surface area contributed by atoms with Gasteiger partial charge in [0.25, 0.3) is 0 Å². The van der Waals surface area contributed by atoms with Gasteiger partial charge >= 0.3 is 5.97 Å². The molecule has 0 aromatic heterocycles. The van der Waals surface area contributed by atoms with Crippen molar-refractivity contribution in [1.82, 2.24) is 0 Å². The van der Waals surface area contributed by atoms with Gasteiger partial charge in [-0.05, 0) is 17.7 Å². The van der Waals surface area contributed by atoms with E-state index in [0.717, 1.165) is 0 Å². The molecule has 0 bridgehead atoms. The van der Waals surface area contributed by atoms with E-state index in [4.69, 9.17) is 26.0 Å². The highest BCUT2D eigenvalue weighted by Gasteiger charge is 2.16. The molecule has 1 aromatic rings. The minimum Gasteiger partial charge on any atom is -0.494 e. The number of carbonyl (C=O) groups is 1. The first kappa shape index (κ1) is 13.1. The number of hydrogen-bond acceptors (Lipinski definition) is 5. The van der Waals surface area contributed by atoms with Gasteiger partial charge < -0.3 is 26.0 Å². The Balaban J connectivity index is 3.12. The number of methoxy groups -OCH3 is 2. The molecule has 1 unspecified atom stereocenters. The SMILES string of the molecule is COc1cc(C(N)CC(=O)O)cc(OC)c1N. The second-order valence-corrected chi connectivity index (χ2v) is 3.54. The van der Waals surface area contributed by atoms with Crippen LogP contribution in [0.4, 0.5) is 5.69 Å². The fourth-order valence-corrected chi connectivity index (χ4v) is 1.48. The maximum Gasteiger partial charge on any atom is 0.305 e. The minimum atomic E-state index is -0.966. The van der Waals surface area contributed by atoms with Crippen LogP contribution < -0.4 is 20.9 Å². The van der Waals surface area contributed by atoms with Gasteiger partial charge in [-0.3, -0.25) is 4.79 Å². The van der Waals surface area contributed by atoms with E-state index >= 15 is 0 Å². The van der Waals surface area contributed by atoms with Crippen molar-refractivity contribution >= 4 is 11.7 Å². The maximum absolute atomic E-state index is 10.6. The van der Waals surface area contributed by atoms with Gasteiger partial charge in [-0.25, -0.2) is 0 Å². The molecule has 17 heavy (non-hydrogen) atoms. The highest BCUT2D eigenvalue weighted by molar-refractivity contribution is 5.69. The minimum absolute atomic E-state index is 0.170. The van der Waals surface area contributed by atoms with Crippen molar-refractivity contribution in [3.63, 3.8) is 0 Å². The van der Waals surface area contributed by atoms with Crippen molar-refractivity contribution in [2.75, 3.05) is 20.0 Å². The Hall–Kier alpha value is -1.95. The number of benzene rings is 1.